The van der Waals surface area contributed by atoms with Crippen LogP contribution < -0.4 is 4.74 Å². The van der Waals surface area contributed by atoms with E-state index < -0.39 is 30.3 Å². The predicted molar refractivity (Wildman–Crippen MR) is 116 cm³/mol. The van der Waals surface area contributed by atoms with Gasteiger partial charge in [0, 0.05) is 17.1 Å². The Labute approximate surface area is 189 Å². The van der Waals surface area contributed by atoms with Crippen LogP contribution in [0.4, 0.5) is 13.6 Å². The number of nitrogens with zero attached hydrogens (tertiary/aromatic N) is 4. The number of halogens is 2. The molecule has 0 saturated carbocycles. The van der Waals surface area contributed by atoms with E-state index in [1.54, 1.807) is 46.0 Å². The maximum atomic E-state index is 14.6. The highest BCUT2D eigenvalue weighted by molar-refractivity contribution is 5.97. The van der Waals surface area contributed by atoms with Crippen molar-refractivity contribution in [1.29, 1.82) is 5.26 Å². The van der Waals surface area contributed by atoms with E-state index in [0.29, 0.717) is 22.5 Å². The zero-order chi connectivity index (χ0) is 24.0. The number of rotatable bonds is 3. The minimum absolute atomic E-state index is 0.0352. The molecule has 1 unspecified atom stereocenters. The van der Waals surface area contributed by atoms with Gasteiger partial charge in [0.15, 0.2) is 6.10 Å². The zero-order valence-electron chi connectivity index (χ0n) is 18.6. The third-order valence-corrected chi connectivity index (χ3v) is 5.18. The van der Waals surface area contributed by atoms with E-state index in [2.05, 4.69) is 21.0 Å². The minimum Gasteiger partial charge on any atom is -0.465 e. The van der Waals surface area contributed by atoms with Crippen LogP contribution in [0.25, 0.3) is 22.2 Å². The highest BCUT2D eigenvalue weighted by Crippen LogP contribution is 2.34. The van der Waals surface area contributed by atoms with Crippen LogP contribution in [0.2, 0.25) is 0 Å². The Bertz CT molecular complexity index is 1260. The van der Waals surface area contributed by atoms with Crippen molar-refractivity contribution in [1.82, 2.24) is 19.9 Å². The lowest BCUT2D eigenvalue weighted by Crippen LogP contribution is -2.37. The molecule has 10 heteroatoms. The first-order valence-corrected chi connectivity index (χ1v) is 10.3. The number of hydrogen-bond donors (Lipinski definition) is 1. The molecule has 1 fully saturated rings. The SMILES string of the molecule is Cc1nc(-c2c[nH]c3c(C#N)cccc23)cnc1OC1CN(C(=O)OC(C)(C)C)CC1(F)F. The number of nitriles is 1. The molecule has 0 bridgehead atoms. The Hall–Kier alpha value is -3.74. The van der Waals surface area contributed by atoms with Gasteiger partial charge in [0.2, 0.25) is 5.88 Å². The van der Waals surface area contributed by atoms with Gasteiger partial charge in [0.05, 0.1) is 36.1 Å². The van der Waals surface area contributed by atoms with Crippen LogP contribution >= 0.6 is 0 Å². The highest BCUT2D eigenvalue weighted by Gasteiger charge is 2.52. The number of amides is 1. The lowest BCUT2D eigenvalue weighted by atomic mass is 10.1. The fraction of sp³-hybridized carbons (Fsp3) is 0.391. The van der Waals surface area contributed by atoms with Crippen LogP contribution in [-0.4, -0.2) is 56.7 Å². The number of nitrogens with one attached hydrogen (secondary N) is 1. The van der Waals surface area contributed by atoms with Gasteiger partial charge in [-0.1, -0.05) is 12.1 Å². The molecule has 0 radical (unpaired) electrons. The summed E-state index contributed by atoms with van der Waals surface area (Å²) in [5, 5.41) is 10.1. The molecular weight excluding hydrogens is 432 g/mol. The van der Waals surface area contributed by atoms with Crippen LogP contribution in [0.3, 0.4) is 0 Å². The summed E-state index contributed by atoms with van der Waals surface area (Å²) >= 11 is 0. The molecule has 172 valence electrons. The number of fused-ring (bicyclic) bond motifs is 1. The first-order valence-electron chi connectivity index (χ1n) is 10.3. The first kappa shape index (κ1) is 22.5. The Kier molecular flexibility index (Phi) is 5.44. The van der Waals surface area contributed by atoms with Gasteiger partial charge < -0.3 is 14.5 Å². The Morgan fingerprint density at radius 3 is 2.79 bits per heavy atom. The van der Waals surface area contributed by atoms with Crippen LogP contribution in [0.1, 0.15) is 32.0 Å². The van der Waals surface area contributed by atoms with Crippen molar-refractivity contribution >= 4 is 17.0 Å². The van der Waals surface area contributed by atoms with Gasteiger partial charge in [-0.2, -0.15) is 5.26 Å². The standard InChI is InChI=1S/C23H23F2N5O3/c1-13-20(32-18-11-30(12-23(18,24)25)21(31)33-22(2,3)4)28-10-17(29-13)16-9-27-19-14(8-26)6-5-7-15(16)19/h5-7,9-10,18,27H,11-12H2,1-4H3. The largest absolute Gasteiger partial charge is 0.465 e. The van der Waals surface area contributed by atoms with E-state index in [1.165, 1.54) is 6.20 Å². The van der Waals surface area contributed by atoms with E-state index in [9.17, 15) is 18.8 Å². The van der Waals surface area contributed by atoms with Crippen molar-refractivity contribution in [3.8, 4) is 23.2 Å². The van der Waals surface area contributed by atoms with Crippen LogP contribution in [0.5, 0.6) is 5.88 Å². The molecule has 1 saturated heterocycles. The monoisotopic (exact) mass is 455 g/mol. The van der Waals surface area contributed by atoms with E-state index in [1.807, 2.05) is 6.07 Å². The maximum absolute atomic E-state index is 14.6. The van der Waals surface area contributed by atoms with Crippen LogP contribution in [0.15, 0.2) is 30.6 Å². The van der Waals surface area contributed by atoms with Crippen molar-refractivity contribution in [3.63, 3.8) is 0 Å². The number of ether oxygens (including phenoxy) is 2. The van der Waals surface area contributed by atoms with Gasteiger partial charge in [-0.3, -0.25) is 4.90 Å². The number of aryl methyl sites for hydroxylation is 1. The number of H-pyrrole nitrogens is 1. The number of carbonyl (C=O) groups excluding carboxylic acids is 1. The summed E-state index contributed by atoms with van der Waals surface area (Å²) in [6, 6.07) is 7.47. The fourth-order valence-corrected chi connectivity index (χ4v) is 3.65. The molecule has 1 aliphatic heterocycles. The molecule has 0 aliphatic carbocycles. The summed E-state index contributed by atoms with van der Waals surface area (Å²) < 4.78 is 39.8. The molecule has 4 rings (SSSR count). The second kappa shape index (κ2) is 7.99. The Morgan fingerprint density at radius 2 is 2.12 bits per heavy atom. The molecule has 1 amide bonds. The second-order valence-corrected chi connectivity index (χ2v) is 8.92. The molecule has 3 heterocycles. The van der Waals surface area contributed by atoms with Crippen molar-refractivity contribution in [2.24, 2.45) is 0 Å². The first-order chi connectivity index (χ1) is 15.5. The summed E-state index contributed by atoms with van der Waals surface area (Å²) in [7, 11) is 0. The smallest absolute Gasteiger partial charge is 0.410 e. The molecule has 1 N–H and O–H groups in total. The summed E-state index contributed by atoms with van der Waals surface area (Å²) in [6.45, 7) is 5.49. The van der Waals surface area contributed by atoms with Gasteiger partial charge in [-0.25, -0.2) is 23.5 Å². The van der Waals surface area contributed by atoms with Crippen molar-refractivity contribution in [2.75, 3.05) is 13.1 Å². The van der Waals surface area contributed by atoms with Crippen molar-refractivity contribution < 1.29 is 23.0 Å². The molecular formula is C23H23F2N5O3. The number of aromatic nitrogens is 3. The Balaban J connectivity index is 1.55. The quantitative estimate of drug-likeness (QED) is 0.626. The van der Waals surface area contributed by atoms with E-state index >= 15 is 0 Å². The number of para-hydroxylation sites is 1. The fourth-order valence-electron chi connectivity index (χ4n) is 3.65. The molecule has 1 atom stereocenters. The van der Waals surface area contributed by atoms with Gasteiger partial charge in [0.25, 0.3) is 0 Å². The highest BCUT2D eigenvalue weighted by atomic mass is 19.3. The molecule has 2 aromatic heterocycles. The molecule has 8 nitrogen and oxygen atoms in total. The zero-order valence-corrected chi connectivity index (χ0v) is 18.6. The van der Waals surface area contributed by atoms with Gasteiger partial charge in [-0.15, -0.1) is 0 Å². The van der Waals surface area contributed by atoms with Gasteiger partial charge >= 0.3 is 12.0 Å². The van der Waals surface area contributed by atoms with E-state index in [0.717, 1.165) is 15.8 Å². The molecule has 1 aromatic carbocycles. The molecule has 3 aromatic rings. The number of likely N-dealkylation sites (tertiary alicyclic amines) is 1. The number of benzene rings is 1. The van der Waals surface area contributed by atoms with Crippen LogP contribution in [-0.2, 0) is 4.74 Å². The van der Waals surface area contributed by atoms with Crippen molar-refractivity contribution in [2.45, 2.75) is 45.3 Å². The lowest BCUT2D eigenvalue weighted by molar-refractivity contribution is -0.0640. The molecule has 0 spiro atoms. The van der Waals surface area contributed by atoms with E-state index in [4.69, 9.17) is 9.47 Å². The summed E-state index contributed by atoms with van der Waals surface area (Å²) in [6.07, 6.45) is 0.764. The van der Waals surface area contributed by atoms with Gasteiger partial charge in [0.1, 0.15) is 17.4 Å². The minimum atomic E-state index is -3.27. The van der Waals surface area contributed by atoms with E-state index in [-0.39, 0.29) is 12.4 Å². The number of hydrogen-bond acceptors (Lipinski definition) is 6. The van der Waals surface area contributed by atoms with Crippen LogP contribution in [0, 0.1) is 18.3 Å². The third-order valence-electron chi connectivity index (χ3n) is 5.18. The average Bonchev–Trinajstić information content (AvgIpc) is 3.29. The third kappa shape index (κ3) is 4.44. The summed E-state index contributed by atoms with van der Waals surface area (Å²) in [5.74, 6) is -3.30. The molecule has 1 aliphatic rings. The van der Waals surface area contributed by atoms with Crippen molar-refractivity contribution in [3.05, 3.63) is 41.9 Å². The lowest BCUT2D eigenvalue weighted by Gasteiger charge is -2.24. The Morgan fingerprint density at radius 1 is 1.36 bits per heavy atom. The topological polar surface area (TPSA) is 104 Å². The number of alkyl halides is 2. The number of carbonyl (C=O) groups is 1. The maximum Gasteiger partial charge on any atom is 0.410 e. The molecule has 33 heavy (non-hydrogen) atoms. The average molecular weight is 455 g/mol. The van der Waals surface area contributed by atoms with Gasteiger partial charge in [-0.05, 0) is 33.8 Å². The summed E-state index contributed by atoms with van der Waals surface area (Å²) in [4.78, 5) is 24.9. The second-order valence-electron chi connectivity index (χ2n) is 8.92. The number of aromatic amines is 1. The normalized spacial score (nSPS) is 17.7. The predicted octanol–water partition coefficient (Wildman–Crippen LogP) is 4.44. The summed E-state index contributed by atoms with van der Waals surface area (Å²) in [5.41, 5.74) is 1.95.